The summed E-state index contributed by atoms with van der Waals surface area (Å²) >= 11 is 1.76. The fraction of sp³-hybridized carbons (Fsp3) is 0.250. The van der Waals surface area contributed by atoms with E-state index in [1.807, 2.05) is 0 Å². The molecular weight excluding hydrogens is 291 g/mol. The molecule has 1 aromatic rings. The quantitative estimate of drug-likeness (QED) is 0.477. The van der Waals surface area contributed by atoms with Crippen molar-refractivity contribution in [2.75, 3.05) is 0 Å². The Hall–Kier alpha value is -0.590. The van der Waals surface area contributed by atoms with Crippen LogP contribution >= 0.6 is 22.6 Å². The summed E-state index contributed by atoms with van der Waals surface area (Å²) in [6.45, 7) is 1.51. The van der Waals surface area contributed by atoms with Gasteiger partial charge in [0.05, 0.1) is 5.56 Å². The first kappa shape index (κ1) is 10.5. The highest BCUT2D eigenvalue weighted by molar-refractivity contribution is 14.1. The Morgan fingerprint density at radius 1 is 1.62 bits per heavy atom. The Balaban J connectivity index is 3.43. The molecule has 0 spiro atoms. The highest BCUT2D eigenvalue weighted by Gasteiger charge is 2.18. The zero-order valence-electron chi connectivity index (χ0n) is 6.72. The van der Waals surface area contributed by atoms with Gasteiger partial charge < -0.3 is 0 Å². The van der Waals surface area contributed by atoms with Crippen LogP contribution in [0.2, 0.25) is 0 Å². The topological polar surface area (TPSA) is 30.0 Å². The number of rotatable bonds is 2. The Labute approximate surface area is 87.5 Å². The molecule has 13 heavy (non-hydrogen) atoms. The minimum Gasteiger partial charge on any atom is -0.298 e. The number of halogens is 3. The SMILES string of the molecule is Cc1cnc(I)c(C=O)c1C(F)F. The van der Waals surface area contributed by atoms with Gasteiger partial charge in [-0.1, -0.05) is 0 Å². The normalized spacial score (nSPS) is 10.5. The Bertz CT molecular complexity index is 341. The first-order valence-corrected chi connectivity index (χ1v) is 4.54. The first-order valence-electron chi connectivity index (χ1n) is 3.46. The second-order valence-corrected chi connectivity index (χ2v) is 3.50. The van der Waals surface area contributed by atoms with E-state index in [-0.39, 0.29) is 11.1 Å². The number of carbonyl (C=O) groups excluding carboxylic acids is 1. The van der Waals surface area contributed by atoms with Gasteiger partial charge in [-0.15, -0.1) is 0 Å². The molecule has 0 unspecified atom stereocenters. The van der Waals surface area contributed by atoms with Gasteiger partial charge in [0.25, 0.3) is 6.43 Å². The van der Waals surface area contributed by atoms with Crippen LogP contribution in [0, 0.1) is 10.6 Å². The van der Waals surface area contributed by atoms with Gasteiger partial charge in [-0.25, -0.2) is 13.8 Å². The molecule has 0 aliphatic rings. The lowest BCUT2D eigenvalue weighted by molar-refractivity contribution is 0.110. The number of nitrogens with zero attached hydrogens (tertiary/aromatic N) is 1. The van der Waals surface area contributed by atoms with Crippen LogP contribution in [0.15, 0.2) is 6.20 Å². The maximum Gasteiger partial charge on any atom is 0.264 e. The fourth-order valence-corrected chi connectivity index (χ4v) is 1.57. The molecule has 0 aromatic carbocycles. The van der Waals surface area contributed by atoms with Gasteiger partial charge in [-0.05, 0) is 35.1 Å². The third kappa shape index (κ3) is 2.01. The molecular formula is C8H6F2INO. The number of aldehydes is 1. The van der Waals surface area contributed by atoms with E-state index in [2.05, 4.69) is 4.98 Å². The summed E-state index contributed by atoms with van der Waals surface area (Å²) in [5.41, 5.74) is 0.127. The number of alkyl halides is 2. The van der Waals surface area contributed by atoms with Crippen LogP contribution in [0.4, 0.5) is 8.78 Å². The lowest BCUT2D eigenvalue weighted by Crippen LogP contribution is -2.02. The lowest BCUT2D eigenvalue weighted by Gasteiger charge is -2.07. The molecule has 0 aliphatic carbocycles. The largest absolute Gasteiger partial charge is 0.298 e. The van der Waals surface area contributed by atoms with Crippen LogP contribution in [0.1, 0.15) is 27.9 Å². The average molecular weight is 297 g/mol. The van der Waals surface area contributed by atoms with E-state index in [0.717, 1.165) is 0 Å². The van der Waals surface area contributed by atoms with E-state index in [0.29, 0.717) is 15.6 Å². The molecule has 0 radical (unpaired) electrons. The van der Waals surface area contributed by atoms with Gasteiger partial charge in [0, 0.05) is 11.8 Å². The second kappa shape index (κ2) is 4.08. The van der Waals surface area contributed by atoms with Gasteiger partial charge in [0.1, 0.15) is 3.70 Å². The van der Waals surface area contributed by atoms with Gasteiger partial charge in [0.2, 0.25) is 0 Å². The summed E-state index contributed by atoms with van der Waals surface area (Å²) < 4.78 is 25.2. The Kier molecular flexibility index (Phi) is 3.29. The van der Waals surface area contributed by atoms with Crippen LogP contribution in [0.5, 0.6) is 0 Å². The molecule has 0 fully saturated rings. The standard InChI is InChI=1S/C8H6F2INO/c1-4-2-12-8(11)5(3-13)6(4)7(9)10/h2-3,7H,1H3. The van der Waals surface area contributed by atoms with E-state index in [9.17, 15) is 13.6 Å². The molecule has 0 amide bonds. The number of hydrogen-bond acceptors (Lipinski definition) is 2. The predicted molar refractivity (Wildman–Crippen MR) is 52.0 cm³/mol. The number of carbonyl (C=O) groups is 1. The molecule has 0 saturated heterocycles. The molecule has 0 N–H and O–H groups in total. The van der Waals surface area contributed by atoms with E-state index in [4.69, 9.17) is 0 Å². The summed E-state index contributed by atoms with van der Waals surface area (Å²) in [5, 5.41) is 0. The highest BCUT2D eigenvalue weighted by atomic mass is 127. The van der Waals surface area contributed by atoms with Crippen molar-refractivity contribution in [1.29, 1.82) is 0 Å². The smallest absolute Gasteiger partial charge is 0.264 e. The van der Waals surface area contributed by atoms with Crippen molar-refractivity contribution in [1.82, 2.24) is 4.98 Å². The first-order chi connectivity index (χ1) is 6.07. The Morgan fingerprint density at radius 2 is 2.23 bits per heavy atom. The molecule has 1 rings (SSSR count). The van der Waals surface area contributed by atoms with Crippen LogP contribution in [0.3, 0.4) is 0 Å². The fourth-order valence-electron chi connectivity index (χ4n) is 1.02. The summed E-state index contributed by atoms with van der Waals surface area (Å²) in [6.07, 6.45) is -0.865. The van der Waals surface area contributed by atoms with E-state index >= 15 is 0 Å². The molecule has 1 heterocycles. The minimum absolute atomic E-state index is 0.00407. The van der Waals surface area contributed by atoms with Crippen molar-refractivity contribution in [2.45, 2.75) is 13.3 Å². The van der Waals surface area contributed by atoms with Gasteiger partial charge in [0.15, 0.2) is 6.29 Å². The molecule has 2 nitrogen and oxygen atoms in total. The average Bonchev–Trinajstić information content (AvgIpc) is 2.07. The molecule has 0 atom stereocenters. The van der Waals surface area contributed by atoms with Crippen molar-refractivity contribution < 1.29 is 13.6 Å². The zero-order valence-corrected chi connectivity index (χ0v) is 8.88. The monoisotopic (exact) mass is 297 g/mol. The summed E-state index contributed by atoms with van der Waals surface area (Å²) in [6, 6.07) is 0. The number of aryl methyl sites for hydroxylation is 1. The van der Waals surface area contributed by atoms with Crippen molar-refractivity contribution >= 4 is 28.9 Å². The van der Waals surface area contributed by atoms with Crippen molar-refractivity contribution in [2.24, 2.45) is 0 Å². The van der Waals surface area contributed by atoms with Gasteiger partial charge >= 0.3 is 0 Å². The molecule has 70 valence electrons. The zero-order chi connectivity index (χ0) is 10.0. The van der Waals surface area contributed by atoms with Gasteiger partial charge in [-0.3, -0.25) is 4.79 Å². The Morgan fingerprint density at radius 3 is 2.62 bits per heavy atom. The van der Waals surface area contributed by atoms with Crippen molar-refractivity contribution in [3.05, 3.63) is 26.6 Å². The molecule has 0 aliphatic heterocycles. The third-order valence-electron chi connectivity index (χ3n) is 1.64. The summed E-state index contributed by atoms with van der Waals surface area (Å²) in [5.74, 6) is 0. The van der Waals surface area contributed by atoms with Crippen molar-refractivity contribution in [3.8, 4) is 0 Å². The van der Waals surface area contributed by atoms with Crippen LogP contribution in [-0.4, -0.2) is 11.3 Å². The predicted octanol–water partition coefficient (Wildman–Crippen LogP) is 2.74. The summed E-state index contributed by atoms with van der Waals surface area (Å²) in [4.78, 5) is 14.3. The third-order valence-corrected chi connectivity index (χ3v) is 2.50. The summed E-state index contributed by atoms with van der Waals surface area (Å²) in [7, 11) is 0. The van der Waals surface area contributed by atoms with Crippen LogP contribution in [-0.2, 0) is 0 Å². The molecule has 1 aromatic heterocycles. The molecule has 0 bridgehead atoms. The maximum absolute atomic E-state index is 12.5. The van der Waals surface area contributed by atoms with Crippen LogP contribution in [0.25, 0.3) is 0 Å². The van der Waals surface area contributed by atoms with Gasteiger partial charge in [-0.2, -0.15) is 0 Å². The van der Waals surface area contributed by atoms with E-state index in [1.54, 1.807) is 22.6 Å². The molecule has 0 saturated carbocycles. The number of hydrogen-bond donors (Lipinski definition) is 0. The lowest BCUT2D eigenvalue weighted by atomic mass is 10.1. The van der Waals surface area contributed by atoms with E-state index in [1.165, 1.54) is 13.1 Å². The second-order valence-electron chi connectivity index (χ2n) is 2.48. The number of aromatic nitrogens is 1. The van der Waals surface area contributed by atoms with Crippen LogP contribution < -0.4 is 0 Å². The van der Waals surface area contributed by atoms with E-state index < -0.39 is 6.43 Å². The number of pyridine rings is 1. The highest BCUT2D eigenvalue weighted by Crippen LogP contribution is 2.27. The minimum atomic E-state index is -2.63. The molecule has 5 heteroatoms. The maximum atomic E-state index is 12.5. The van der Waals surface area contributed by atoms with Crippen molar-refractivity contribution in [3.63, 3.8) is 0 Å².